The summed E-state index contributed by atoms with van der Waals surface area (Å²) in [5, 5.41) is 3.45. The third kappa shape index (κ3) is 5.12. The van der Waals surface area contributed by atoms with E-state index in [1.165, 1.54) is 22.3 Å². The van der Waals surface area contributed by atoms with Crippen LogP contribution in [0.5, 0.6) is 5.75 Å². The molecule has 0 radical (unpaired) electrons. The highest BCUT2D eigenvalue weighted by atomic mass is 16.5. The van der Waals surface area contributed by atoms with Gasteiger partial charge in [0.05, 0.1) is 0 Å². The Balaban J connectivity index is 1.50. The first-order chi connectivity index (χ1) is 12.2. The van der Waals surface area contributed by atoms with Gasteiger partial charge in [-0.2, -0.15) is 0 Å². The van der Waals surface area contributed by atoms with E-state index in [0.717, 1.165) is 24.4 Å². The summed E-state index contributed by atoms with van der Waals surface area (Å²) in [5.74, 6) is 0.900. The Morgan fingerprint density at radius 2 is 1.32 bits per heavy atom. The summed E-state index contributed by atoms with van der Waals surface area (Å²) in [6.45, 7) is 5.67. The van der Waals surface area contributed by atoms with Gasteiger partial charge in [0.25, 0.3) is 0 Å². The van der Waals surface area contributed by atoms with Crippen LogP contribution >= 0.6 is 0 Å². The zero-order valence-electron chi connectivity index (χ0n) is 15.0. The van der Waals surface area contributed by atoms with Gasteiger partial charge in [0.2, 0.25) is 0 Å². The number of hydrogen-bond acceptors (Lipinski definition) is 2. The van der Waals surface area contributed by atoms with Crippen LogP contribution in [0.4, 0.5) is 5.69 Å². The maximum Gasteiger partial charge on any atom is 0.119 e. The van der Waals surface area contributed by atoms with Gasteiger partial charge in [-0.3, -0.25) is 0 Å². The first-order valence-electron chi connectivity index (χ1n) is 8.83. The molecule has 0 atom stereocenters. The third-order valence-corrected chi connectivity index (χ3v) is 4.31. The summed E-state index contributed by atoms with van der Waals surface area (Å²) >= 11 is 0. The second-order valence-electron chi connectivity index (χ2n) is 6.32. The molecule has 0 saturated carbocycles. The Morgan fingerprint density at radius 1 is 0.720 bits per heavy atom. The van der Waals surface area contributed by atoms with Crippen molar-refractivity contribution in [3.05, 3.63) is 95.1 Å². The Morgan fingerprint density at radius 3 is 1.96 bits per heavy atom. The van der Waals surface area contributed by atoms with Crippen molar-refractivity contribution in [1.29, 1.82) is 0 Å². The number of nitrogens with one attached hydrogen (secondary N) is 1. The van der Waals surface area contributed by atoms with E-state index in [2.05, 4.69) is 79.8 Å². The summed E-state index contributed by atoms with van der Waals surface area (Å²) in [6.07, 6.45) is 1.07. The topological polar surface area (TPSA) is 21.3 Å². The molecule has 0 heterocycles. The molecular formula is C23H25NO. The van der Waals surface area contributed by atoms with Gasteiger partial charge in [-0.25, -0.2) is 0 Å². The van der Waals surface area contributed by atoms with Crippen molar-refractivity contribution in [2.24, 2.45) is 0 Å². The monoisotopic (exact) mass is 331 g/mol. The molecule has 3 rings (SSSR count). The van der Waals surface area contributed by atoms with Crippen LogP contribution in [0, 0.1) is 6.92 Å². The lowest BCUT2D eigenvalue weighted by Gasteiger charge is -2.09. The fraction of sp³-hybridized carbons (Fsp3) is 0.217. The van der Waals surface area contributed by atoms with Crippen LogP contribution in [0.3, 0.4) is 0 Å². The Kier molecular flexibility index (Phi) is 5.73. The predicted octanol–water partition coefficient (Wildman–Crippen LogP) is 5.75. The minimum Gasteiger partial charge on any atom is -0.489 e. The van der Waals surface area contributed by atoms with Crippen molar-refractivity contribution in [2.75, 3.05) is 5.32 Å². The first kappa shape index (κ1) is 17.1. The summed E-state index contributed by atoms with van der Waals surface area (Å²) in [4.78, 5) is 0. The zero-order valence-corrected chi connectivity index (χ0v) is 15.0. The Bertz CT molecular complexity index is 774. The largest absolute Gasteiger partial charge is 0.489 e. The van der Waals surface area contributed by atoms with Crippen LogP contribution < -0.4 is 10.1 Å². The number of hydrogen-bond donors (Lipinski definition) is 1. The number of benzene rings is 3. The quantitative estimate of drug-likeness (QED) is 0.595. The van der Waals surface area contributed by atoms with Crippen molar-refractivity contribution >= 4 is 5.69 Å². The van der Waals surface area contributed by atoms with Crippen molar-refractivity contribution in [1.82, 2.24) is 0 Å². The van der Waals surface area contributed by atoms with Crippen LogP contribution in [0.1, 0.15) is 29.2 Å². The Labute approximate surface area is 150 Å². The number of rotatable bonds is 7. The molecule has 0 fully saturated rings. The van der Waals surface area contributed by atoms with Crippen LogP contribution in [-0.4, -0.2) is 0 Å². The molecule has 3 aromatic carbocycles. The highest BCUT2D eigenvalue weighted by Gasteiger charge is 1.99. The van der Waals surface area contributed by atoms with Gasteiger partial charge in [-0.15, -0.1) is 0 Å². The average molecular weight is 331 g/mol. The normalized spacial score (nSPS) is 10.5. The molecule has 128 valence electrons. The van der Waals surface area contributed by atoms with Crippen molar-refractivity contribution in [3.8, 4) is 5.75 Å². The fourth-order valence-electron chi connectivity index (χ4n) is 2.62. The molecule has 3 aromatic rings. The molecule has 0 aliphatic carbocycles. The third-order valence-electron chi connectivity index (χ3n) is 4.31. The minimum absolute atomic E-state index is 0.599. The lowest BCUT2D eigenvalue weighted by molar-refractivity contribution is 0.306. The number of ether oxygens (including phenoxy) is 1. The smallest absolute Gasteiger partial charge is 0.119 e. The summed E-state index contributed by atoms with van der Waals surface area (Å²) < 4.78 is 5.85. The van der Waals surface area contributed by atoms with E-state index in [4.69, 9.17) is 4.74 Å². The van der Waals surface area contributed by atoms with E-state index in [-0.39, 0.29) is 0 Å². The minimum atomic E-state index is 0.599. The average Bonchev–Trinajstić information content (AvgIpc) is 2.67. The van der Waals surface area contributed by atoms with Gasteiger partial charge in [0, 0.05) is 12.2 Å². The lowest BCUT2D eigenvalue weighted by atomic mass is 10.1. The van der Waals surface area contributed by atoms with Gasteiger partial charge in [0.1, 0.15) is 12.4 Å². The van der Waals surface area contributed by atoms with Gasteiger partial charge in [-0.05, 0) is 54.3 Å². The first-order valence-corrected chi connectivity index (χ1v) is 8.83. The number of anilines is 1. The van der Waals surface area contributed by atoms with Gasteiger partial charge < -0.3 is 10.1 Å². The van der Waals surface area contributed by atoms with Gasteiger partial charge in [-0.1, -0.05) is 61.0 Å². The summed E-state index contributed by atoms with van der Waals surface area (Å²) in [5.41, 5.74) is 6.21. The van der Waals surface area contributed by atoms with Crippen molar-refractivity contribution < 1.29 is 4.74 Å². The molecule has 0 aliphatic rings. The molecule has 0 amide bonds. The molecule has 0 unspecified atom stereocenters. The molecule has 0 bridgehead atoms. The van der Waals surface area contributed by atoms with E-state index in [1.807, 2.05) is 12.1 Å². The van der Waals surface area contributed by atoms with Crippen LogP contribution in [0.15, 0.2) is 72.8 Å². The molecule has 2 heteroatoms. The van der Waals surface area contributed by atoms with E-state index in [0.29, 0.717) is 6.61 Å². The maximum atomic E-state index is 5.85. The maximum absolute atomic E-state index is 5.85. The van der Waals surface area contributed by atoms with E-state index >= 15 is 0 Å². The second kappa shape index (κ2) is 8.39. The molecule has 0 spiro atoms. The van der Waals surface area contributed by atoms with E-state index < -0.39 is 0 Å². The zero-order chi connectivity index (χ0) is 17.5. The summed E-state index contributed by atoms with van der Waals surface area (Å²) in [7, 11) is 0. The second-order valence-corrected chi connectivity index (χ2v) is 6.32. The highest BCUT2D eigenvalue weighted by Crippen LogP contribution is 2.16. The van der Waals surface area contributed by atoms with Crippen molar-refractivity contribution in [3.63, 3.8) is 0 Å². The van der Waals surface area contributed by atoms with E-state index in [1.54, 1.807) is 0 Å². The standard InChI is InChI=1S/C23H25NO/c1-3-19-8-12-22(13-9-19)24-16-20-10-14-23(15-11-20)25-17-21-6-4-18(2)5-7-21/h4-15,24H,3,16-17H2,1-2H3. The molecule has 25 heavy (non-hydrogen) atoms. The molecular weight excluding hydrogens is 306 g/mol. The molecule has 1 N–H and O–H groups in total. The van der Waals surface area contributed by atoms with Crippen LogP contribution in [0.25, 0.3) is 0 Å². The van der Waals surface area contributed by atoms with Crippen LogP contribution in [-0.2, 0) is 19.6 Å². The molecule has 0 aliphatic heterocycles. The SMILES string of the molecule is CCc1ccc(NCc2ccc(OCc3ccc(C)cc3)cc2)cc1. The van der Waals surface area contributed by atoms with Gasteiger partial charge in [0.15, 0.2) is 0 Å². The van der Waals surface area contributed by atoms with E-state index in [9.17, 15) is 0 Å². The lowest BCUT2D eigenvalue weighted by Crippen LogP contribution is -2.00. The molecule has 0 saturated heterocycles. The predicted molar refractivity (Wildman–Crippen MR) is 105 cm³/mol. The number of aryl methyl sites for hydroxylation is 2. The molecule has 2 nitrogen and oxygen atoms in total. The summed E-state index contributed by atoms with van der Waals surface area (Å²) in [6, 6.07) is 25.3. The van der Waals surface area contributed by atoms with Crippen LogP contribution in [0.2, 0.25) is 0 Å². The fourth-order valence-corrected chi connectivity index (χ4v) is 2.62. The van der Waals surface area contributed by atoms with Crippen molar-refractivity contribution in [2.45, 2.75) is 33.4 Å². The Hall–Kier alpha value is -2.74. The highest BCUT2D eigenvalue weighted by molar-refractivity contribution is 5.45. The van der Waals surface area contributed by atoms with Gasteiger partial charge >= 0.3 is 0 Å². The molecule has 0 aromatic heterocycles.